The number of halogens is 1. The van der Waals surface area contributed by atoms with E-state index in [1.54, 1.807) is 6.21 Å². The normalized spacial score (nSPS) is 8.96. The highest BCUT2D eigenvalue weighted by Gasteiger charge is 1.91. The number of aryl methyl sites for hydroxylation is 1. The van der Waals surface area contributed by atoms with Crippen molar-refractivity contribution in [1.29, 1.82) is 0 Å². The zero-order valence-corrected chi connectivity index (χ0v) is 19.2. The van der Waals surface area contributed by atoms with Crippen LogP contribution < -0.4 is 5.32 Å². The maximum Gasteiger partial charge on any atom is 0.0426 e. The third kappa shape index (κ3) is 17.1. The van der Waals surface area contributed by atoms with Gasteiger partial charge in [0.05, 0.1) is 0 Å². The van der Waals surface area contributed by atoms with E-state index in [1.807, 2.05) is 65.0 Å². The topological polar surface area (TPSA) is 24.4 Å². The van der Waals surface area contributed by atoms with Gasteiger partial charge < -0.3 is 5.32 Å². The third-order valence-electron chi connectivity index (χ3n) is 3.15. The summed E-state index contributed by atoms with van der Waals surface area (Å²) in [5, 5.41) is 3.80. The fourth-order valence-electron chi connectivity index (χ4n) is 1.80. The average Bonchev–Trinajstić information content (AvgIpc) is 2.71. The molecule has 0 saturated carbocycles. The first kappa shape index (κ1) is 27.9. The molecule has 0 atom stereocenters. The van der Waals surface area contributed by atoms with Crippen LogP contribution in [-0.2, 0) is 6.42 Å². The molecule has 0 bridgehead atoms. The fraction of sp³-hybridized carbons (Fsp3) is 0.320. The van der Waals surface area contributed by atoms with Crippen LogP contribution in [0.1, 0.15) is 53.5 Å². The maximum absolute atomic E-state index is 5.76. The van der Waals surface area contributed by atoms with Crippen molar-refractivity contribution in [3.8, 4) is 0 Å². The lowest BCUT2D eigenvalue weighted by atomic mass is 10.2. The lowest BCUT2D eigenvalue weighted by Crippen LogP contribution is -1.92. The van der Waals surface area contributed by atoms with E-state index in [9.17, 15) is 0 Å². The summed E-state index contributed by atoms with van der Waals surface area (Å²) < 4.78 is 0. The summed E-state index contributed by atoms with van der Waals surface area (Å²) in [7, 11) is 0. The van der Waals surface area contributed by atoms with Gasteiger partial charge in [-0.3, -0.25) is 4.99 Å². The molecule has 0 heterocycles. The molecule has 0 aliphatic rings. The van der Waals surface area contributed by atoms with E-state index < -0.39 is 0 Å². The van der Waals surface area contributed by atoms with Crippen LogP contribution in [0.15, 0.2) is 84.1 Å². The molecule has 0 aromatic heterocycles. The molecular weight excluding hydrogens is 364 g/mol. The lowest BCUT2D eigenvalue weighted by Gasteiger charge is -2.03. The summed E-state index contributed by atoms with van der Waals surface area (Å²) in [6.45, 7) is 19.4. The molecule has 0 amide bonds. The Bertz CT molecular complexity index is 676. The fourth-order valence-corrected chi connectivity index (χ4v) is 1.99. The zero-order valence-electron chi connectivity index (χ0n) is 18.4. The first-order chi connectivity index (χ1) is 13.4. The Kier molecular flexibility index (Phi) is 19.4. The molecule has 0 aliphatic heterocycles. The molecule has 0 radical (unpaired) electrons. The van der Waals surface area contributed by atoms with Crippen molar-refractivity contribution in [3.05, 3.63) is 89.7 Å². The second-order valence-electron chi connectivity index (χ2n) is 5.56. The van der Waals surface area contributed by atoms with Gasteiger partial charge in [-0.2, -0.15) is 0 Å². The average molecular weight is 401 g/mol. The number of anilines is 1. The van der Waals surface area contributed by atoms with Crippen molar-refractivity contribution in [2.75, 3.05) is 5.32 Å². The largest absolute Gasteiger partial charge is 0.360 e. The van der Waals surface area contributed by atoms with Crippen LogP contribution >= 0.6 is 11.6 Å². The van der Waals surface area contributed by atoms with Crippen molar-refractivity contribution in [2.45, 2.75) is 54.4 Å². The first-order valence-electron chi connectivity index (χ1n) is 9.81. The molecule has 3 heteroatoms. The van der Waals surface area contributed by atoms with Gasteiger partial charge in [-0.1, -0.05) is 88.9 Å². The number of nitrogens with zero attached hydrogens (tertiary/aromatic N) is 1. The van der Waals surface area contributed by atoms with Gasteiger partial charge in [-0.15, -0.1) is 0 Å². The Labute approximate surface area is 178 Å². The standard InChI is InChI=1S/C9H10ClN.C8H10.C6H11N.C2H6/c1-7(2)11-9-5-3-4-8(10)6-9;1-2-8-6-4-3-5-7-8;1-4-6(3)7-5-2;1-2/h3-6,11H,1H2,2H3;3-7H,2H2,1H3;5H,3-4H2,1-2H3;1-2H3. The summed E-state index contributed by atoms with van der Waals surface area (Å²) >= 11 is 5.76. The molecule has 2 aromatic rings. The molecule has 2 rings (SSSR count). The Morgan fingerprint density at radius 2 is 1.64 bits per heavy atom. The Hall–Kier alpha value is -2.32. The van der Waals surface area contributed by atoms with Gasteiger partial charge in [0.2, 0.25) is 0 Å². The summed E-state index contributed by atoms with van der Waals surface area (Å²) in [6.07, 6.45) is 3.84. The molecule has 154 valence electrons. The van der Waals surface area contributed by atoms with Crippen molar-refractivity contribution in [2.24, 2.45) is 4.99 Å². The van der Waals surface area contributed by atoms with Crippen LogP contribution in [0.5, 0.6) is 0 Å². The van der Waals surface area contributed by atoms with Gasteiger partial charge in [-0.25, -0.2) is 0 Å². The number of hydrogen-bond donors (Lipinski definition) is 1. The highest BCUT2D eigenvalue weighted by molar-refractivity contribution is 6.30. The molecule has 2 nitrogen and oxygen atoms in total. The molecular formula is C25H37ClN2. The minimum Gasteiger partial charge on any atom is -0.360 e. The quantitative estimate of drug-likeness (QED) is 0.499. The lowest BCUT2D eigenvalue weighted by molar-refractivity contribution is 1.08. The van der Waals surface area contributed by atoms with Crippen LogP contribution in [0.25, 0.3) is 0 Å². The van der Waals surface area contributed by atoms with Gasteiger partial charge in [0.1, 0.15) is 0 Å². The van der Waals surface area contributed by atoms with E-state index in [0.717, 1.165) is 34.9 Å². The number of nitrogens with one attached hydrogen (secondary N) is 1. The summed E-state index contributed by atoms with van der Waals surface area (Å²) in [5.74, 6) is 0. The number of allylic oxidation sites excluding steroid dienone is 2. The molecule has 0 spiro atoms. The van der Waals surface area contributed by atoms with Crippen molar-refractivity contribution in [1.82, 2.24) is 0 Å². The smallest absolute Gasteiger partial charge is 0.0426 e. The summed E-state index contributed by atoms with van der Waals surface area (Å²) in [4.78, 5) is 3.92. The van der Waals surface area contributed by atoms with Gasteiger partial charge in [0.15, 0.2) is 0 Å². The molecule has 0 fully saturated rings. The third-order valence-corrected chi connectivity index (χ3v) is 3.39. The molecule has 2 aromatic carbocycles. The van der Waals surface area contributed by atoms with E-state index >= 15 is 0 Å². The molecule has 28 heavy (non-hydrogen) atoms. The van der Waals surface area contributed by atoms with Crippen LogP contribution in [0, 0.1) is 0 Å². The van der Waals surface area contributed by atoms with Gasteiger partial charge >= 0.3 is 0 Å². The predicted octanol–water partition coefficient (Wildman–Crippen LogP) is 8.56. The minimum absolute atomic E-state index is 0.733. The highest BCUT2D eigenvalue weighted by Crippen LogP contribution is 2.15. The molecule has 0 saturated heterocycles. The zero-order chi connectivity index (χ0) is 21.8. The van der Waals surface area contributed by atoms with Gasteiger partial charge in [0.25, 0.3) is 0 Å². The van der Waals surface area contributed by atoms with E-state index in [-0.39, 0.29) is 0 Å². The van der Waals surface area contributed by atoms with Gasteiger partial charge in [0, 0.05) is 28.3 Å². The van der Waals surface area contributed by atoms with E-state index in [1.165, 1.54) is 5.56 Å². The van der Waals surface area contributed by atoms with E-state index in [2.05, 4.69) is 54.7 Å². The van der Waals surface area contributed by atoms with E-state index in [0.29, 0.717) is 0 Å². The number of rotatable bonds is 5. The summed E-state index contributed by atoms with van der Waals surface area (Å²) in [5.41, 5.74) is 4.24. The second-order valence-corrected chi connectivity index (χ2v) is 6.00. The first-order valence-corrected chi connectivity index (χ1v) is 10.2. The molecule has 0 unspecified atom stereocenters. The number of aliphatic imine (C=N–C) groups is 1. The minimum atomic E-state index is 0.733. The summed E-state index contributed by atoms with van der Waals surface area (Å²) in [6, 6.07) is 18.0. The maximum atomic E-state index is 5.76. The van der Waals surface area contributed by atoms with Crippen molar-refractivity contribution in [3.63, 3.8) is 0 Å². The van der Waals surface area contributed by atoms with Gasteiger partial charge in [-0.05, 0) is 50.5 Å². The highest BCUT2D eigenvalue weighted by atomic mass is 35.5. The Morgan fingerprint density at radius 1 is 1.04 bits per heavy atom. The molecule has 1 N–H and O–H groups in total. The number of benzene rings is 2. The van der Waals surface area contributed by atoms with Crippen LogP contribution in [-0.4, -0.2) is 6.21 Å². The predicted molar refractivity (Wildman–Crippen MR) is 131 cm³/mol. The van der Waals surface area contributed by atoms with Crippen molar-refractivity contribution >= 4 is 23.5 Å². The number of hydrogen-bond acceptors (Lipinski definition) is 2. The SMILES string of the molecule is C=C(C)Nc1cccc(Cl)c1.C=C(CC)N=CC.CC.CCc1ccccc1. The second kappa shape index (κ2) is 19.4. The van der Waals surface area contributed by atoms with Crippen LogP contribution in [0.3, 0.4) is 0 Å². The van der Waals surface area contributed by atoms with Crippen molar-refractivity contribution < 1.29 is 0 Å². The Balaban J connectivity index is 0. The molecule has 0 aliphatic carbocycles. The van der Waals surface area contributed by atoms with Crippen LogP contribution in [0.2, 0.25) is 5.02 Å². The van der Waals surface area contributed by atoms with E-state index in [4.69, 9.17) is 11.6 Å². The monoisotopic (exact) mass is 400 g/mol. The van der Waals surface area contributed by atoms with Crippen LogP contribution in [0.4, 0.5) is 5.69 Å². The Morgan fingerprint density at radius 3 is 2.00 bits per heavy atom.